The average molecular weight is 486 g/mol. The van der Waals surface area contributed by atoms with Crippen LogP contribution < -0.4 is 4.90 Å². The van der Waals surface area contributed by atoms with Gasteiger partial charge in [0, 0.05) is 0 Å². The van der Waals surface area contributed by atoms with Crippen LogP contribution in [0.4, 0.5) is 5.69 Å². The Morgan fingerprint density at radius 1 is 1.04 bits per heavy atom. The standard InChI is InChI=1S/C22H26NO2.2CH3.Sn.H/c1-18-6-8-19(9-7-18)4-2-3-5-22(24)20-10-12-21(13-11-20)23-14-16-25-17-15-23;;;;/h5-13H,2-4,14-17H2,1H3;2*1H3;;. The average Bonchev–Trinajstić information content (AvgIpc) is 2.72. The Balaban J connectivity index is 1.59. The van der Waals surface area contributed by atoms with Gasteiger partial charge in [-0.1, -0.05) is 0 Å². The summed E-state index contributed by atoms with van der Waals surface area (Å²) in [6.07, 6.45) is 3.20. The zero-order chi connectivity index (χ0) is 19.9. The van der Waals surface area contributed by atoms with Crippen molar-refractivity contribution in [3.63, 3.8) is 0 Å². The van der Waals surface area contributed by atoms with E-state index in [1.807, 2.05) is 12.1 Å². The first-order valence-electron chi connectivity index (χ1n) is 10.6. The predicted molar refractivity (Wildman–Crippen MR) is 121 cm³/mol. The van der Waals surface area contributed by atoms with Gasteiger partial charge in [-0.25, -0.2) is 0 Å². The molecule has 0 spiro atoms. The number of carbonyl (C=O) groups excluding carboxylic acids is 1. The van der Waals surface area contributed by atoms with Gasteiger partial charge in [0.2, 0.25) is 0 Å². The van der Waals surface area contributed by atoms with E-state index < -0.39 is 19.8 Å². The van der Waals surface area contributed by atoms with E-state index in [4.69, 9.17) is 4.74 Å². The molecule has 1 aliphatic heterocycles. The fourth-order valence-corrected chi connectivity index (χ4v) is 8.77. The first-order chi connectivity index (χ1) is 13.5. The van der Waals surface area contributed by atoms with E-state index in [0.29, 0.717) is 9.72 Å². The molecule has 0 N–H and O–H groups in total. The molecule has 4 heteroatoms. The summed E-state index contributed by atoms with van der Waals surface area (Å²) in [4.78, 5) is 20.3. The van der Waals surface area contributed by atoms with Crippen molar-refractivity contribution in [2.45, 2.75) is 40.0 Å². The van der Waals surface area contributed by atoms with Gasteiger partial charge in [0.1, 0.15) is 0 Å². The normalized spacial score (nSPS) is 15.6. The van der Waals surface area contributed by atoms with Crippen LogP contribution in [0, 0.1) is 6.92 Å². The summed E-state index contributed by atoms with van der Waals surface area (Å²) in [7, 11) is 0. The fraction of sp³-hybridized carbons (Fsp3) is 0.458. The Bertz CT molecular complexity index is 749. The number of ketones is 1. The van der Waals surface area contributed by atoms with Crippen LogP contribution in [0.2, 0.25) is 13.8 Å². The van der Waals surface area contributed by atoms with E-state index in [-0.39, 0.29) is 0 Å². The molecule has 0 aromatic heterocycles. The second kappa shape index (κ2) is 10.4. The molecule has 0 aliphatic carbocycles. The van der Waals surface area contributed by atoms with E-state index in [1.54, 1.807) is 0 Å². The SMILES string of the molecule is Cc1ccc(CCC[CH](C(=O)c2ccc(N3CCOCC3)cc2)[SnH]([CH3])[CH3])cc1. The Hall–Kier alpha value is -1.33. The van der Waals surface area contributed by atoms with Crippen LogP contribution in [-0.2, 0) is 11.2 Å². The molecular formula is C24H33NO2Sn. The molecule has 2 aromatic rings. The summed E-state index contributed by atoms with van der Waals surface area (Å²) < 4.78 is 5.72. The Morgan fingerprint density at radius 3 is 2.29 bits per heavy atom. The molecule has 2 aromatic carbocycles. The summed E-state index contributed by atoms with van der Waals surface area (Å²) in [5.41, 5.74) is 4.77. The molecule has 3 nitrogen and oxygen atoms in total. The van der Waals surface area contributed by atoms with E-state index in [9.17, 15) is 4.79 Å². The van der Waals surface area contributed by atoms with Crippen molar-refractivity contribution in [2.75, 3.05) is 31.2 Å². The predicted octanol–water partition coefficient (Wildman–Crippen LogP) is 4.89. The molecule has 1 saturated heterocycles. The molecule has 0 amide bonds. The minimum absolute atomic E-state index is 0.293. The molecule has 1 fully saturated rings. The molecule has 3 rings (SSSR count). The number of carbonyl (C=O) groups is 1. The van der Waals surface area contributed by atoms with Crippen LogP contribution in [0.15, 0.2) is 48.5 Å². The number of anilines is 1. The van der Waals surface area contributed by atoms with Crippen molar-refractivity contribution >= 4 is 31.2 Å². The molecular weight excluding hydrogens is 453 g/mol. The van der Waals surface area contributed by atoms with Gasteiger partial charge in [-0.05, 0) is 0 Å². The molecule has 1 aliphatic rings. The van der Waals surface area contributed by atoms with Gasteiger partial charge in [-0.15, -0.1) is 0 Å². The second-order valence-corrected chi connectivity index (χ2v) is 17.6. The van der Waals surface area contributed by atoms with Crippen molar-refractivity contribution < 1.29 is 9.53 Å². The van der Waals surface area contributed by atoms with Crippen LogP contribution in [0.25, 0.3) is 0 Å². The maximum absolute atomic E-state index is 13.2. The number of rotatable bonds is 8. The van der Waals surface area contributed by atoms with Crippen LogP contribution >= 0.6 is 0 Å². The van der Waals surface area contributed by atoms with E-state index >= 15 is 0 Å². The maximum atomic E-state index is 13.2. The summed E-state index contributed by atoms with van der Waals surface area (Å²) in [6.45, 7) is 5.54. The summed E-state index contributed by atoms with van der Waals surface area (Å²) >= 11 is -1.79. The van der Waals surface area contributed by atoms with Crippen LogP contribution in [0.5, 0.6) is 0 Å². The summed E-state index contributed by atoms with van der Waals surface area (Å²) in [5.74, 6) is 0.378. The van der Waals surface area contributed by atoms with Gasteiger partial charge in [-0.2, -0.15) is 0 Å². The minimum atomic E-state index is -1.79. The van der Waals surface area contributed by atoms with E-state index in [1.165, 1.54) is 16.8 Å². The van der Waals surface area contributed by atoms with Crippen molar-refractivity contribution in [3.8, 4) is 0 Å². The number of ether oxygens (including phenoxy) is 1. The van der Waals surface area contributed by atoms with Crippen LogP contribution in [0.1, 0.15) is 34.3 Å². The van der Waals surface area contributed by atoms with Gasteiger partial charge in [0.05, 0.1) is 0 Å². The molecule has 28 heavy (non-hydrogen) atoms. The summed E-state index contributed by atoms with van der Waals surface area (Å²) in [5, 5.41) is 0. The number of hydrogen-bond acceptors (Lipinski definition) is 3. The first-order valence-corrected chi connectivity index (χ1v) is 19.1. The third-order valence-corrected chi connectivity index (χ3v) is 12.2. The molecule has 0 bridgehead atoms. The van der Waals surface area contributed by atoms with Gasteiger partial charge in [-0.3, -0.25) is 0 Å². The number of Topliss-reactive ketones (excluding diaryl/α,β-unsaturated/α-hetero) is 1. The number of hydrogen-bond donors (Lipinski definition) is 0. The van der Waals surface area contributed by atoms with Crippen LogP contribution in [-0.4, -0.2) is 51.8 Å². The molecule has 0 saturated carbocycles. The third kappa shape index (κ3) is 5.83. The Labute approximate surface area is 176 Å². The monoisotopic (exact) mass is 487 g/mol. The van der Waals surface area contributed by atoms with E-state index in [0.717, 1.165) is 51.1 Å². The van der Waals surface area contributed by atoms with Crippen molar-refractivity contribution in [2.24, 2.45) is 0 Å². The topological polar surface area (TPSA) is 29.5 Å². The van der Waals surface area contributed by atoms with Crippen LogP contribution in [0.3, 0.4) is 0 Å². The summed E-state index contributed by atoms with van der Waals surface area (Å²) in [6, 6.07) is 17.1. The third-order valence-electron chi connectivity index (χ3n) is 5.77. The fourth-order valence-electron chi connectivity index (χ4n) is 3.92. The molecule has 150 valence electrons. The van der Waals surface area contributed by atoms with Gasteiger partial charge >= 0.3 is 177 Å². The number of nitrogens with zero attached hydrogens (tertiary/aromatic N) is 1. The van der Waals surface area contributed by atoms with E-state index in [2.05, 4.69) is 58.1 Å². The number of morpholine rings is 1. The van der Waals surface area contributed by atoms with Crippen molar-refractivity contribution in [1.29, 1.82) is 0 Å². The molecule has 1 heterocycles. The number of aryl methyl sites for hydroxylation is 2. The first kappa shape index (κ1) is 21.4. The van der Waals surface area contributed by atoms with Crippen molar-refractivity contribution in [3.05, 3.63) is 65.2 Å². The van der Waals surface area contributed by atoms with Gasteiger partial charge in [0.15, 0.2) is 0 Å². The second-order valence-electron chi connectivity index (χ2n) is 8.24. The Morgan fingerprint density at radius 2 is 1.68 bits per heavy atom. The Kier molecular flexibility index (Phi) is 7.98. The zero-order valence-electron chi connectivity index (χ0n) is 17.5. The molecule has 0 radical (unpaired) electrons. The zero-order valence-corrected chi connectivity index (χ0v) is 20.8. The van der Waals surface area contributed by atoms with Gasteiger partial charge < -0.3 is 0 Å². The quantitative estimate of drug-likeness (QED) is 0.393. The molecule has 1 unspecified atom stereocenters. The van der Waals surface area contributed by atoms with Gasteiger partial charge in [0.25, 0.3) is 0 Å². The molecule has 1 atom stereocenters. The van der Waals surface area contributed by atoms with Crippen molar-refractivity contribution in [1.82, 2.24) is 0 Å². The number of benzene rings is 2.